The number of hydrogen-bond donors (Lipinski definition) is 2. The average molecular weight is 319 g/mol. The number of nitrogens with zero attached hydrogens (tertiary/aromatic N) is 3. The summed E-state index contributed by atoms with van der Waals surface area (Å²) in [5.74, 6) is 1.71. The lowest BCUT2D eigenvalue weighted by Gasteiger charge is -2.30. The van der Waals surface area contributed by atoms with Gasteiger partial charge in [-0.25, -0.2) is 0 Å². The number of H-pyrrole nitrogens is 1. The molecule has 4 rings (SSSR count). The first kappa shape index (κ1) is 13.2. The molecule has 0 aliphatic carbocycles. The van der Waals surface area contributed by atoms with Crippen LogP contribution in [-0.2, 0) is 0 Å². The van der Waals surface area contributed by atoms with E-state index in [0.29, 0.717) is 6.04 Å². The minimum atomic E-state index is 0.628. The molecule has 0 unspecified atom stereocenters. The summed E-state index contributed by atoms with van der Waals surface area (Å²) in [7, 11) is 2.04. The van der Waals surface area contributed by atoms with Crippen molar-refractivity contribution in [2.75, 3.05) is 25.0 Å². The van der Waals surface area contributed by atoms with Crippen LogP contribution in [0.15, 0.2) is 17.5 Å². The summed E-state index contributed by atoms with van der Waals surface area (Å²) in [6, 6.07) is 4.99. The van der Waals surface area contributed by atoms with Gasteiger partial charge in [0.05, 0.1) is 4.88 Å². The molecule has 1 saturated heterocycles. The van der Waals surface area contributed by atoms with E-state index in [-0.39, 0.29) is 0 Å². The van der Waals surface area contributed by atoms with Crippen LogP contribution >= 0.6 is 22.7 Å². The highest BCUT2D eigenvalue weighted by Crippen LogP contribution is 2.35. The third-order valence-electron chi connectivity index (χ3n) is 4.03. The standard InChI is InChI=1S/C14H17N5S2/c1-15-9-2-5-19(6-3-9)14-16-13(17-18-14)12-8-11-10(21-12)4-7-20-11/h4,7-9,15H,2-3,5-6H2,1H3,(H,16,17,18). The normalized spacial score (nSPS) is 16.9. The van der Waals surface area contributed by atoms with Crippen LogP contribution in [0.3, 0.4) is 0 Å². The highest BCUT2D eigenvalue weighted by molar-refractivity contribution is 7.28. The van der Waals surface area contributed by atoms with Gasteiger partial charge in [-0.3, -0.25) is 5.10 Å². The van der Waals surface area contributed by atoms with Crippen LogP contribution in [0.2, 0.25) is 0 Å². The zero-order valence-electron chi connectivity index (χ0n) is 11.8. The second kappa shape index (κ2) is 5.40. The topological polar surface area (TPSA) is 56.8 Å². The molecule has 0 radical (unpaired) electrons. The number of aromatic nitrogens is 3. The first-order chi connectivity index (χ1) is 10.3. The first-order valence-corrected chi connectivity index (χ1v) is 8.85. The highest BCUT2D eigenvalue weighted by Gasteiger charge is 2.21. The maximum absolute atomic E-state index is 4.68. The smallest absolute Gasteiger partial charge is 0.245 e. The van der Waals surface area contributed by atoms with Crippen molar-refractivity contribution in [3.63, 3.8) is 0 Å². The van der Waals surface area contributed by atoms with Crippen molar-refractivity contribution >= 4 is 38.0 Å². The maximum Gasteiger partial charge on any atom is 0.245 e. The SMILES string of the molecule is CNC1CCN(c2n[nH]c(-c3cc4sccc4s3)n2)CC1. The fourth-order valence-corrected chi connectivity index (χ4v) is 4.80. The van der Waals surface area contributed by atoms with E-state index in [0.717, 1.165) is 37.7 Å². The second-order valence-electron chi connectivity index (χ2n) is 5.29. The minimum Gasteiger partial charge on any atom is -0.339 e. The summed E-state index contributed by atoms with van der Waals surface area (Å²) < 4.78 is 2.64. The van der Waals surface area contributed by atoms with Gasteiger partial charge in [-0.05, 0) is 37.4 Å². The lowest BCUT2D eigenvalue weighted by Crippen LogP contribution is -2.41. The number of anilines is 1. The van der Waals surface area contributed by atoms with Gasteiger partial charge in [0, 0.05) is 28.5 Å². The Morgan fingerprint density at radius 3 is 2.95 bits per heavy atom. The Labute approximate surface area is 131 Å². The van der Waals surface area contributed by atoms with E-state index in [1.165, 1.54) is 14.3 Å². The number of fused-ring (bicyclic) bond motifs is 1. The molecule has 1 fully saturated rings. The van der Waals surface area contributed by atoms with E-state index in [2.05, 4.69) is 42.9 Å². The van der Waals surface area contributed by atoms with Gasteiger partial charge in [0.1, 0.15) is 0 Å². The Balaban J connectivity index is 1.54. The van der Waals surface area contributed by atoms with Gasteiger partial charge in [-0.1, -0.05) is 0 Å². The average Bonchev–Trinajstić information content (AvgIpc) is 3.22. The van der Waals surface area contributed by atoms with Gasteiger partial charge >= 0.3 is 0 Å². The lowest BCUT2D eigenvalue weighted by molar-refractivity contribution is 0.439. The third kappa shape index (κ3) is 2.45. The van der Waals surface area contributed by atoms with Gasteiger partial charge in [-0.2, -0.15) is 4.98 Å². The van der Waals surface area contributed by atoms with Gasteiger partial charge in [0.15, 0.2) is 5.82 Å². The highest BCUT2D eigenvalue weighted by atomic mass is 32.1. The number of piperidine rings is 1. The summed E-state index contributed by atoms with van der Waals surface area (Å²) in [5, 5.41) is 13.0. The van der Waals surface area contributed by atoms with Crippen molar-refractivity contribution in [3.05, 3.63) is 17.5 Å². The van der Waals surface area contributed by atoms with Crippen LogP contribution in [0.25, 0.3) is 20.1 Å². The Bertz CT molecular complexity index is 707. The molecule has 0 bridgehead atoms. The van der Waals surface area contributed by atoms with Crippen LogP contribution in [0.5, 0.6) is 0 Å². The molecule has 3 aromatic heterocycles. The van der Waals surface area contributed by atoms with Gasteiger partial charge in [0.2, 0.25) is 5.95 Å². The molecule has 5 nitrogen and oxygen atoms in total. The zero-order valence-corrected chi connectivity index (χ0v) is 13.4. The second-order valence-corrected chi connectivity index (χ2v) is 7.33. The molecular formula is C14H17N5S2. The van der Waals surface area contributed by atoms with E-state index < -0.39 is 0 Å². The Morgan fingerprint density at radius 2 is 2.19 bits per heavy atom. The van der Waals surface area contributed by atoms with Crippen LogP contribution in [0.4, 0.5) is 5.95 Å². The van der Waals surface area contributed by atoms with Crippen molar-refractivity contribution in [3.8, 4) is 10.7 Å². The van der Waals surface area contributed by atoms with Crippen LogP contribution in [0, 0.1) is 0 Å². The Hall–Kier alpha value is -1.44. The number of thiophene rings is 2. The van der Waals surface area contributed by atoms with E-state index in [9.17, 15) is 0 Å². The van der Waals surface area contributed by atoms with E-state index in [4.69, 9.17) is 0 Å². The Kier molecular flexibility index (Phi) is 3.40. The summed E-state index contributed by atoms with van der Waals surface area (Å²) in [6.45, 7) is 2.03. The predicted molar refractivity (Wildman–Crippen MR) is 89.4 cm³/mol. The molecule has 0 atom stereocenters. The zero-order chi connectivity index (χ0) is 14.2. The van der Waals surface area contributed by atoms with E-state index in [1.54, 1.807) is 22.7 Å². The predicted octanol–water partition coefficient (Wildman–Crippen LogP) is 2.94. The fourth-order valence-electron chi connectivity index (χ4n) is 2.76. The van der Waals surface area contributed by atoms with Gasteiger partial charge in [-0.15, -0.1) is 27.8 Å². The van der Waals surface area contributed by atoms with Crippen molar-refractivity contribution in [2.45, 2.75) is 18.9 Å². The summed E-state index contributed by atoms with van der Waals surface area (Å²) >= 11 is 3.54. The molecule has 7 heteroatoms. The molecule has 0 amide bonds. The van der Waals surface area contributed by atoms with Crippen LogP contribution < -0.4 is 10.2 Å². The molecule has 4 heterocycles. The quantitative estimate of drug-likeness (QED) is 0.779. The molecule has 0 spiro atoms. The number of nitrogens with one attached hydrogen (secondary N) is 2. The van der Waals surface area contributed by atoms with Crippen molar-refractivity contribution in [1.29, 1.82) is 0 Å². The largest absolute Gasteiger partial charge is 0.339 e. The number of aromatic amines is 1. The molecule has 1 aliphatic heterocycles. The van der Waals surface area contributed by atoms with Crippen molar-refractivity contribution in [1.82, 2.24) is 20.5 Å². The molecule has 3 aromatic rings. The molecule has 21 heavy (non-hydrogen) atoms. The van der Waals surface area contributed by atoms with Crippen molar-refractivity contribution < 1.29 is 0 Å². The molecule has 0 saturated carbocycles. The number of hydrogen-bond acceptors (Lipinski definition) is 6. The molecular weight excluding hydrogens is 302 g/mol. The summed E-state index contributed by atoms with van der Waals surface area (Å²) in [4.78, 5) is 8.12. The van der Waals surface area contributed by atoms with Crippen LogP contribution in [0.1, 0.15) is 12.8 Å². The van der Waals surface area contributed by atoms with E-state index in [1.807, 2.05) is 7.05 Å². The molecule has 2 N–H and O–H groups in total. The third-order valence-corrected chi connectivity index (χ3v) is 6.13. The lowest BCUT2D eigenvalue weighted by atomic mass is 10.1. The monoisotopic (exact) mass is 319 g/mol. The first-order valence-electron chi connectivity index (χ1n) is 7.15. The summed E-state index contributed by atoms with van der Waals surface area (Å²) in [6.07, 6.45) is 2.30. The van der Waals surface area contributed by atoms with Gasteiger partial charge in [0.25, 0.3) is 0 Å². The summed E-state index contributed by atoms with van der Waals surface area (Å²) in [5.41, 5.74) is 0. The number of rotatable bonds is 3. The van der Waals surface area contributed by atoms with Crippen molar-refractivity contribution in [2.24, 2.45) is 0 Å². The molecule has 0 aromatic carbocycles. The van der Waals surface area contributed by atoms with Crippen LogP contribution in [-0.4, -0.2) is 41.4 Å². The maximum atomic E-state index is 4.68. The molecule has 110 valence electrons. The Morgan fingerprint density at radius 1 is 1.33 bits per heavy atom. The minimum absolute atomic E-state index is 0.628. The fraction of sp³-hybridized carbons (Fsp3) is 0.429. The molecule has 1 aliphatic rings. The van der Waals surface area contributed by atoms with Gasteiger partial charge < -0.3 is 10.2 Å². The van der Waals surface area contributed by atoms with E-state index >= 15 is 0 Å².